The van der Waals surface area contributed by atoms with Crippen LogP contribution in [0.5, 0.6) is 0 Å². The molecule has 1 heterocycles. The SMILES string of the molecule is CC(C)(C#CC(O)(c1ccccc1)c1ccccc1)[NH+]1CCCC1. The van der Waals surface area contributed by atoms with Crippen LogP contribution in [0.15, 0.2) is 60.7 Å². The minimum Gasteiger partial charge on any atom is -0.369 e. The van der Waals surface area contributed by atoms with Crippen LogP contribution >= 0.6 is 0 Å². The van der Waals surface area contributed by atoms with Crippen LogP contribution in [0.1, 0.15) is 37.8 Å². The Bertz CT molecular complexity index is 679. The smallest absolute Gasteiger partial charge is 0.177 e. The first-order valence-electron chi connectivity index (χ1n) is 8.75. The summed E-state index contributed by atoms with van der Waals surface area (Å²) < 4.78 is 0. The average molecular weight is 320 g/mol. The summed E-state index contributed by atoms with van der Waals surface area (Å²) in [6.45, 7) is 6.68. The number of nitrogens with one attached hydrogen (secondary N) is 1. The van der Waals surface area contributed by atoms with Gasteiger partial charge >= 0.3 is 0 Å². The molecule has 2 aromatic rings. The van der Waals surface area contributed by atoms with Gasteiger partial charge in [-0.05, 0) is 5.92 Å². The molecule has 0 aromatic heterocycles. The molecule has 124 valence electrons. The third-order valence-corrected chi connectivity index (χ3v) is 5.03. The van der Waals surface area contributed by atoms with Crippen molar-refractivity contribution in [3.8, 4) is 11.8 Å². The molecule has 1 fully saturated rings. The maximum absolute atomic E-state index is 11.5. The molecular weight excluding hydrogens is 294 g/mol. The molecule has 1 aliphatic heterocycles. The maximum atomic E-state index is 11.5. The quantitative estimate of drug-likeness (QED) is 0.834. The molecule has 0 radical (unpaired) electrons. The first-order valence-corrected chi connectivity index (χ1v) is 8.75. The molecule has 0 saturated carbocycles. The average Bonchev–Trinajstić information content (AvgIpc) is 3.17. The van der Waals surface area contributed by atoms with Gasteiger partial charge in [0.25, 0.3) is 0 Å². The van der Waals surface area contributed by atoms with Gasteiger partial charge in [0.15, 0.2) is 11.1 Å². The predicted molar refractivity (Wildman–Crippen MR) is 97.7 cm³/mol. The Morgan fingerprint density at radius 3 is 1.71 bits per heavy atom. The molecule has 3 rings (SSSR count). The van der Waals surface area contributed by atoms with Gasteiger partial charge in [0.1, 0.15) is 0 Å². The predicted octanol–water partition coefficient (Wildman–Crippen LogP) is 2.38. The van der Waals surface area contributed by atoms with Crippen LogP contribution in [-0.2, 0) is 5.60 Å². The van der Waals surface area contributed by atoms with Crippen LogP contribution in [0.2, 0.25) is 0 Å². The molecule has 0 amide bonds. The number of hydrogen-bond donors (Lipinski definition) is 2. The zero-order valence-electron chi connectivity index (χ0n) is 14.5. The number of aliphatic hydroxyl groups is 1. The lowest BCUT2D eigenvalue weighted by molar-refractivity contribution is -0.927. The second-order valence-corrected chi connectivity index (χ2v) is 7.13. The minimum absolute atomic E-state index is 0.159. The van der Waals surface area contributed by atoms with Crippen LogP contribution in [0.25, 0.3) is 0 Å². The molecule has 0 aliphatic carbocycles. The van der Waals surface area contributed by atoms with Gasteiger partial charge in [-0.25, -0.2) is 0 Å². The maximum Gasteiger partial charge on any atom is 0.177 e. The van der Waals surface area contributed by atoms with Gasteiger partial charge in [-0.3, -0.25) is 0 Å². The van der Waals surface area contributed by atoms with E-state index in [1.165, 1.54) is 17.7 Å². The van der Waals surface area contributed by atoms with Gasteiger partial charge in [-0.15, -0.1) is 0 Å². The molecule has 1 aliphatic rings. The second kappa shape index (κ2) is 6.81. The standard InChI is InChI=1S/C22H25NO/c1-21(2,23-17-9-10-18-23)15-16-22(24,19-11-5-3-6-12-19)20-13-7-4-8-14-20/h3-8,11-14,24H,9-10,17-18H2,1-2H3/p+1. The Morgan fingerprint density at radius 2 is 1.25 bits per heavy atom. The number of hydrogen-bond acceptors (Lipinski definition) is 1. The Hall–Kier alpha value is -2.08. The van der Waals surface area contributed by atoms with E-state index in [0.717, 1.165) is 24.2 Å². The van der Waals surface area contributed by atoms with E-state index in [1.54, 1.807) is 0 Å². The highest BCUT2D eigenvalue weighted by molar-refractivity contribution is 5.44. The van der Waals surface area contributed by atoms with Gasteiger partial charge < -0.3 is 10.0 Å². The number of benzene rings is 2. The lowest BCUT2D eigenvalue weighted by atomic mass is 9.86. The molecule has 0 atom stereocenters. The van der Waals surface area contributed by atoms with E-state index in [-0.39, 0.29) is 5.54 Å². The fourth-order valence-corrected chi connectivity index (χ4v) is 3.43. The highest BCUT2D eigenvalue weighted by atomic mass is 16.3. The van der Waals surface area contributed by atoms with Crippen molar-refractivity contribution in [2.75, 3.05) is 13.1 Å². The summed E-state index contributed by atoms with van der Waals surface area (Å²) in [5.74, 6) is 6.63. The molecule has 0 bridgehead atoms. The molecule has 0 spiro atoms. The van der Waals surface area contributed by atoms with E-state index in [2.05, 4.69) is 25.7 Å². The van der Waals surface area contributed by atoms with Gasteiger partial charge in [0.2, 0.25) is 0 Å². The molecular formula is C22H26NO+. The first kappa shape index (κ1) is 16.8. The summed E-state index contributed by atoms with van der Waals surface area (Å²) in [6.07, 6.45) is 2.53. The minimum atomic E-state index is -1.28. The Morgan fingerprint density at radius 1 is 0.792 bits per heavy atom. The third-order valence-electron chi connectivity index (χ3n) is 5.03. The molecule has 1 saturated heterocycles. The summed E-state index contributed by atoms with van der Waals surface area (Å²) in [6, 6.07) is 19.5. The third kappa shape index (κ3) is 3.38. The fourth-order valence-electron chi connectivity index (χ4n) is 3.43. The molecule has 2 nitrogen and oxygen atoms in total. The Kier molecular flexibility index (Phi) is 4.76. The van der Waals surface area contributed by atoms with E-state index < -0.39 is 5.60 Å². The van der Waals surface area contributed by atoms with Crippen molar-refractivity contribution in [1.29, 1.82) is 0 Å². The van der Waals surface area contributed by atoms with Crippen LogP contribution < -0.4 is 4.90 Å². The van der Waals surface area contributed by atoms with Crippen molar-refractivity contribution < 1.29 is 10.0 Å². The van der Waals surface area contributed by atoms with Crippen LogP contribution in [0.4, 0.5) is 0 Å². The van der Waals surface area contributed by atoms with E-state index in [4.69, 9.17) is 0 Å². The molecule has 2 heteroatoms. The first-order chi connectivity index (χ1) is 11.5. The summed E-state index contributed by atoms with van der Waals surface area (Å²) in [7, 11) is 0. The highest BCUT2D eigenvalue weighted by Gasteiger charge is 2.34. The highest BCUT2D eigenvalue weighted by Crippen LogP contribution is 2.29. The molecule has 0 unspecified atom stereocenters. The number of rotatable bonds is 3. The lowest BCUT2D eigenvalue weighted by Crippen LogP contribution is -3.17. The van der Waals surface area contributed by atoms with E-state index in [0.29, 0.717) is 0 Å². The second-order valence-electron chi connectivity index (χ2n) is 7.13. The van der Waals surface area contributed by atoms with Crippen molar-refractivity contribution in [2.45, 2.75) is 37.8 Å². The van der Waals surface area contributed by atoms with Crippen molar-refractivity contribution >= 4 is 0 Å². The van der Waals surface area contributed by atoms with Crippen LogP contribution in [-0.4, -0.2) is 23.7 Å². The molecule has 2 aromatic carbocycles. The van der Waals surface area contributed by atoms with Crippen molar-refractivity contribution in [1.82, 2.24) is 0 Å². The van der Waals surface area contributed by atoms with E-state index in [9.17, 15) is 5.11 Å². The van der Waals surface area contributed by atoms with Crippen LogP contribution in [0, 0.1) is 11.8 Å². The monoisotopic (exact) mass is 320 g/mol. The normalized spacial score (nSPS) is 15.8. The number of likely N-dealkylation sites (tertiary alicyclic amines) is 1. The van der Waals surface area contributed by atoms with Crippen molar-refractivity contribution in [3.05, 3.63) is 71.8 Å². The summed E-state index contributed by atoms with van der Waals surface area (Å²) in [4.78, 5) is 1.51. The Balaban J connectivity index is 2.02. The summed E-state index contributed by atoms with van der Waals surface area (Å²) >= 11 is 0. The summed E-state index contributed by atoms with van der Waals surface area (Å²) in [5, 5.41) is 11.5. The summed E-state index contributed by atoms with van der Waals surface area (Å²) in [5.41, 5.74) is 0.194. The lowest BCUT2D eigenvalue weighted by Gasteiger charge is -2.29. The van der Waals surface area contributed by atoms with Crippen molar-refractivity contribution in [3.63, 3.8) is 0 Å². The van der Waals surface area contributed by atoms with E-state index in [1.807, 2.05) is 60.7 Å². The van der Waals surface area contributed by atoms with Gasteiger partial charge in [0, 0.05) is 37.8 Å². The topological polar surface area (TPSA) is 24.7 Å². The zero-order chi connectivity index (χ0) is 17.0. The zero-order valence-corrected chi connectivity index (χ0v) is 14.5. The van der Waals surface area contributed by atoms with Gasteiger partial charge in [-0.1, -0.05) is 66.6 Å². The van der Waals surface area contributed by atoms with E-state index >= 15 is 0 Å². The number of quaternary nitrogens is 1. The molecule has 24 heavy (non-hydrogen) atoms. The fraction of sp³-hybridized carbons (Fsp3) is 0.364. The van der Waals surface area contributed by atoms with Gasteiger partial charge in [-0.2, -0.15) is 0 Å². The van der Waals surface area contributed by atoms with Crippen molar-refractivity contribution in [2.24, 2.45) is 0 Å². The van der Waals surface area contributed by atoms with Gasteiger partial charge in [0.05, 0.1) is 13.1 Å². The Labute approximate surface area is 145 Å². The van der Waals surface area contributed by atoms with Crippen LogP contribution in [0.3, 0.4) is 0 Å². The largest absolute Gasteiger partial charge is 0.369 e. The molecule has 2 N–H and O–H groups in total.